The van der Waals surface area contributed by atoms with Crippen LogP contribution < -0.4 is 216 Å². The third-order valence-corrected chi connectivity index (χ3v) is 4.35. The molecule has 144 valence electrons. The Balaban J connectivity index is -0.000000480. The Morgan fingerprint density at radius 3 is 1.90 bits per heavy atom. The summed E-state index contributed by atoms with van der Waals surface area (Å²) in [4.78, 5) is 45.9. The summed E-state index contributed by atoms with van der Waals surface area (Å²) in [6.07, 6.45) is 0.0552. The molecule has 0 saturated heterocycles. The third kappa shape index (κ3) is 24.6. The number of thioether (sulfide) groups is 1. The van der Waals surface area contributed by atoms with Gasteiger partial charge in [-0.15, -0.1) is 0 Å². The van der Waals surface area contributed by atoms with E-state index in [2.05, 4.69) is 22.9 Å². The van der Waals surface area contributed by atoms with Gasteiger partial charge in [0.05, 0.1) is 0 Å². The second-order valence-electron chi connectivity index (χ2n) is 4.98. The summed E-state index contributed by atoms with van der Waals surface area (Å²) in [7, 11) is 0. The van der Waals surface area contributed by atoms with Gasteiger partial charge in [0.1, 0.15) is 18.8 Å². The van der Waals surface area contributed by atoms with Crippen LogP contribution in [0.2, 0.25) is 0 Å². The maximum absolute atomic E-state index is 11.7. The molecule has 29 heavy (non-hydrogen) atoms. The van der Waals surface area contributed by atoms with Crippen molar-refractivity contribution in [1.82, 2.24) is 10.0 Å². The number of hydrogen-bond donors (Lipinski definition) is 2. The predicted octanol–water partition coefficient (Wildman–Crippen LogP) is -11.5. The Bertz CT molecular complexity index is 478. The summed E-state index contributed by atoms with van der Waals surface area (Å²) in [5.74, 6) is -0.987. The minimum atomic E-state index is -0.782. The molecule has 0 saturated carbocycles. The summed E-state index contributed by atoms with van der Waals surface area (Å²) < 4.78 is 12.3. The van der Waals surface area contributed by atoms with E-state index in [0.29, 0.717) is 5.75 Å². The zero-order chi connectivity index (χ0) is 19.2. The van der Waals surface area contributed by atoms with Crippen LogP contribution in [0.1, 0.15) is 40.0 Å². The average molecular weight is 550 g/mol. The minimum absolute atomic E-state index is 0. The van der Waals surface area contributed by atoms with Gasteiger partial charge in [0.15, 0.2) is 0 Å². The van der Waals surface area contributed by atoms with Crippen molar-refractivity contribution >= 4 is 48.3 Å². The van der Waals surface area contributed by atoms with E-state index in [1.165, 1.54) is 11.8 Å². The summed E-state index contributed by atoms with van der Waals surface area (Å²) in [6, 6.07) is -0.782. The first-order valence-electron chi connectivity index (χ1n) is 8.01. The number of nitrogens with one attached hydrogen (secondary N) is 2. The fraction of sp³-hybridized carbons (Fsp3) is 0.733. The summed E-state index contributed by atoms with van der Waals surface area (Å²) in [6.45, 7) is 4.95. The standard InChI is InChI=1S/C15H25N2O6S2.4K/c1-4-12(18)16-11(15(21)17-24)9-25-8-10(23-14(20)6-3)7-22-13(19)5-2;;;;/h10-11H,4-9H2,1-3H3,(H2-,16,17,18,21,24);;;;/q-1;4*+1/t10-,11-;;;;/m0..../s1. The van der Waals surface area contributed by atoms with Gasteiger partial charge in [-0.3, -0.25) is 19.2 Å². The summed E-state index contributed by atoms with van der Waals surface area (Å²) in [5.41, 5.74) is 0. The zero-order valence-electron chi connectivity index (χ0n) is 18.7. The van der Waals surface area contributed by atoms with Crippen LogP contribution in [-0.2, 0) is 41.5 Å². The molecule has 0 aromatic carbocycles. The average Bonchev–Trinajstić information content (AvgIpc) is 2.63. The maximum Gasteiger partial charge on any atom is 1.00 e. The number of amides is 2. The van der Waals surface area contributed by atoms with Crippen LogP contribution in [-0.4, -0.2) is 54.0 Å². The van der Waals surface area contributed by atoms with E-state index in [1.807, 2.05) is 0 Å². The molecule has 0 aromatic heterocycles. The Labute approximate surface area is 353 Å². The van der Waals surface area contributed by atoms with Gasteiger partial charge in [0, 0.05) is 30.8 Å². The van der Waals surface area contributed by atoms with E-state index in [4.69, 9.17) is 9.47 Å². The molecule has 8 nitrogen and oxygen atoms in total. The maximum atomic E-state index is 11.7. The molecule has 0 heterocycles. The Kier molecular flexibility index (Phi) is 44.7. The first-order valence-corrected chi connectivity index (χ1v) is 9.58. The minimum Gasteiger partial charge on any atom is -0.668 e. The van der Waals surface area contributed by atoms with Crippen molar-refractivity contribution in [2.45, 2.75) is 52.2 Å². The molecular formula is C15H25K4N2O6S2+3. The molecule has 2 N–H and O–H groups in total. The van der Waals surface area contributed by atoms with Gasteiger partial charge in [-0.1, -0.05) is 20.8 Å². The quantitative estimate of drug-likeness (QED) is 0.140. The normalized spacial score (nSPS) is 10.9. The molecular weight excluding hydrogens is 525 g/mol. The van der Waals surface area contributed by atoms with Crippen LogP contribution in [0.4, 0.5) is 0 Å². The zero-order valence-corrected chi connectivity index (χ0v) is 32.8. The van der Waals surface area contributed by atoms with E-state index in [9.17, 15) is 19.2 Å². The molecule has 2 amide bonds. The van der Waals surface area contributed by atoms with Crippen molar-refractivity contribution in [3.63, 3.8) is 0 Å². The number of rotatable bonds is 12. The van der Waals surface area contributed by atoms with Crippen molar-refractivity contribution in [2.24, 2.45) is 0 Å². The van der Waals surface area contributed by atoms with Crippen LogP contribution in [0.3, 0.4) is 0 Å². The van der Waals surface area contributed by atoms with Crippen LogP contribution in [0.5, 0.6) is 0 Å². The topological polar surface area (TPSA) is 111 Å². The van der Waals surface area contributed by atoms with Crippen molar-refractivity contribution in [2.75, 3.05) is 18.1 Å². The first kappa shape index (κ1) is 44.1. The molecule has 0 aromatic rings. The monoisotopic (exact) mass is 549 g/mol. The molecule has 0 aliphatic carbocycles. The molecule has 2 atom stereocenters. The van der Waals surface area contributed by atoms with Gasteiger partial charge >= 0.3 is 217 Å². The first-order chi connectivity index (χ1) is 11.9. The van der Waals surface area contributed by atoms with Gasteiger partial charge in [-0.25, -0.2) is 0 Å². The molecule has 0 fully saturated rings. The predicted molar refractivity (Wildman–Crippen MR) is 96.5 cm³/mol. The third-order valence-electron chi connectivity index (χ3n) is 2.97. The molecule has 0 rings (SSSR count). The van der Waals surface area contributed by atoms with Crippen LogP contribution in [0, 0.1) is 0 Å². The molecule has 14 heteroatoms. The number of carbonyl (C=O) groups excluding carboxylic acids is 4. The van der Waals surface area contributed by atoms with Crippen molar-refractivity contribution in [1.29, 1.82) is 0 Å². The SMILES string of the molecule is CCC(=O)N[C@@H](CSC[C@H](COC(=O)CC)OC(=O)CC)C(=O)N[S-].[K+].[K+].[K+].[K+]. The van der Waals surface area contributed by atoms with Crippen LogP contribution in [0.15, 0.2) is 0 Å². The van der Waals surface area contributed by atoms with Gasteiger partial charge in [0.2, 0.25) is 11.8 Å². The van der Waals surface area contributed by atoms with E-state index >= 15 is 0 Å². The molecule has 0 aliphatic heterocycles. The Morgan fingerprint density at radius 2 is 1.45 bits per heavy atom. The van der Waals surface area contributed by atoms with E-state index in [1.54, 1.807) is 20.8 Å². The second-order valence-corrected chi connectivity index (χ2v) is 6.26. The summed E-state index contributed by atoms with van der Waals surface area (Å²) >= 11 is 5.80. The van der Waals surface area contributed by atoms with Crippen molar-refractivity contribution < 1.29 is 234 Å². The van der Waals surface area contributed by atoms with Gasteiger partial charge in [0.25, 0.3) is 0 Å². The van der Waals surface area contributed by atoms with E-state index < -0.39 is 24.0 Å². The van der Waals surface area contributed by atoms with Crippen molar-refractivity contribution in [3.05, 3.63) is 0 Å². The molecule has 0 aliphatic rings. The number of carbonyl (C=O) groups is 4. The van der Waals surface area contributed by atoms with Gasteiger partial charge in [-0.05, 0) is 0 Å². The fourth-order valence-corrected chi connectivity index (χ4v) is 2.72. The van der Waals surface area contributed by atoms with Crippen LogP contribution >= 0.6 is 11.8 Å². The number of hydrogen-bond acceptors (Lipinski definition) is 8. The fourth-order valence-electron chi connectivity index (χ4n) is 1.54. The molecule has 0 spiro atoms. The Morgan fingerprint density at radius 1 is 0.897 bits per heavy atom. The van der Waals surface area contributed by atoms with Gasteiger partial charge < -0.3 is 32.3 Å². The van der Waals surface area contributed by atoms with E-state index in [-0.39, 0.29) is 249 Å². The second kappa shape index (κ2) is 29.4. The largest absolute Gasteiger partial charge is 1.00 e. The number of ether oxygens (including phenoxy) is 2. The smallest absolute Gasteiger partial charge is 0.668 e. The van der Waals surface area contributed by atoms with Crippen LogP contribution in [0.25, 0.3) is 0 Å². The van der Waals surface area contributed by atoms with Gasteiger partial charge in [-0.2, -0.15) is 11.8 Å². The summed E-state index contributed by atoms with van der Waals surface area (Å²) in [5, 5.41) is 2.57. The molecule has 0 bridgehead atoms. The molecule has 0 radical (unpaired) electrons. The Hall–Kier alpha value is 5.13. The van der Waals surface area contributed by atoms with Crippen molar-refractivity contribution in [3.8, 4) is 0 Å². The van der Waals surface area contributed by atoms with E-state index in [0.717, 1.165) is 0 Å². The molecule has 0 unspecified atom stereocenters. The number of esters is 2.